The first-order chi connectivity index (χ1) is 9.61. The quantitative estimate of drug-likeness (QED) is 0.869. The zero-order valence-electron chi connectivity index (χ0n) is 11.5. The van der Waals surface area contributed by atoms with Gasteiger partial charge in [0.1, 0.15) is 5.78 Å². The molecule has 1 heterocycles. The van der Waals surface area contributed by atoms with Crippen molar-refractivity contribution in [1.82, 2.24) is 5.32 Å². The van der Waals surface area contributed by atoms with Crippen molar-refractivity contribution in [3.63, 3.8) is 0 Å². The van der Waals surface area contributed by atoms with Crippen LogP contribution in [0.1, 0.15) is 18.9 Å². The Hall–Kier alpha value is -1.33. The van der Waals surface area contributed by atoms with Crippen molar-refractivity contribution in [2.75, 3.05) is 19.8 Å². The molecule has 0 saturated carbocycles. The number of ether oxygens (including phenoxy) is 1. The molecule has 1 fully saturated rings. The van der Waals surface area contributed by atoms with E-state index in [1.165, 1.54) is 6.07 Å². The lowest BCUT2D eigenvalue weighted by Gasteiger charge is -2.17. The van der Waals surface area contributed by atoms with Gasteiger partial charge < -0.3 is 10.1 Å². The van der Waals surface area contributed by atoms with Crippen molar-refractivity contribution >= 4 is 5.78 Å². The van der Waals surface area contributed by atoms with Crippen LogP contribution in [0.5, 0.6) is 0 Å². The fourth-order valence-corrected chi connectivity index (χ4v) is 2.38. The Morgan fingerprint density at radius 1 is 1.35 bits per heavy atom. The Bertz CT molecular complexity index is 479. The maximum Gasteiger partial charge on any atom is 0.159 e. The summed E-state index contributed by atoms with van der Waals surface area (Å²) in [5, 5.41) is 3.29. The minimum atomic E-state index is -0.918. The van der Waals surface area contributed by atoms with Crippen LogP contribution in [0.2, 0.25) is 0 Å². The second kappa shape index (κ2) is 6.90. The molecule has 20 heavy (non-hydrogen) atoms. The molecule has 2 rings (SSSR count). The Balaban J connectivity index is 1.98. The summed E-state index contributed by atoms with van der Waals surface area (Å²) < 4.78 is 31.3. The van der Waals surface area contributed by atoms with Gasteiger partial charge in [0.15, 0.2) is 11.6 Å². The van der Waals surface area contributed by atoms with E-state index in [4.69, 9.17) is 4.74 Å². The van der Waals surface area contributed by atoms with Gasteiger partial charge in [-0.15, -0.1) is 0 Å². The van der Waals surface area contributed by atoms with Crippen LogP contribution in [-0.2, 0) is 16.0 Å². The van der Waals surface area contributed by atoms with Crippen LogP contribution in [0.25, 0.3) is 0 Å². The smallest absolute Gasteiger partial charge is 0.159 e. The molecule has 0 spiro atoms. The summed E-state index contributed by atoms with van der Waals surface area (Å²) in [6, 6.07) is 3.60. The van der Waals surface area contributed by atoms with Gasteiger partial charge in [-0.2, -0.15) is 0 Å². The molecule has 1 saturated heterocycles. The normalized spacial score (nSPS) is 22.1. The number of nitrogens with one attached hydrogen (secondary N) is 1. The van der Waals surface area contributed by atoms with Gasteiger partial charge in [0.2, 0.25) is 0 Å². The minimum absolute atomic E-state index is 0.00195. The zero-order valence-corrected chi connectivity index (χ0v) is 11.5. The number of carbonyl (C=O) groups is 1. The standard InChI is InChI=1S/C15H19F2NO2/c1-2-5-18-14-9-20-8-11(14)15(19)7-10-3-4-12(16)13(17)6-10/h3-4,6,11,14,18H,2,5,7-9H2,1H3. The van der Waals surface area contributed by atoms with Gasteiger partial charge in [-0.25, -0.2) is 8.78 Å². The lowest BCUT2D eigenvalue weighted by atomic mass is 9.93. The molecule has 1 aromatic rings. The maximum absolute atomic E-state index is 13.1. The molecule has 2 unspecified atom stereocenters. The van der Waals surface area contributed by atoms with Crippen molar-refractivity contribution in [2.45, 2.75) is 25.8 Å². The van der Waals surface area contributed by atoms with Gasteiger partial charge in [0.25, 0.3) is 0 Å². The second-order valence-corrected chi connectivity index (χ2v) is 5.10. The predicted molar refractivity (Wildman–Crippen MR) is 71.5 cm³/mol. The van der Waals surface area contributed by atoms with E-state index in [1.807, 2.05) is 0 Å². The highest BCUT2D eigenvalue weighted by molar-refractivity contribution is 5.84. The summed E-state index contributed by atoms with van der Waals surface area (Å²) in [5.74, 6) is -2.02. The third-order valence-electron chi connectivity index (χ3n) is 3.51. The maximum atomic E-state index is 13.1. The highest BCUT2D eigenvalue weighted by Gasteiger charge is 2.33. The Kier molecular flexibility index (Phi) is 5.20. The summed E-state index contributed by atoms with van der Waals surface area (Å²) in [6.45, 7) is 3.81. The number of halogens is 2. The van der Waals surface area contributed by atoms with E-state index in [0.29, 0.717) is 18.8 Å². The van der Waals surface area contributed by atoms with Crippen LogP contribution in [0, 0.1) is 17.6 Å². The Labute approximate surface area is 117 Å². The number of benzene rings is 1. The van der Waals surface area contributed by atoms with Crippen LogP contribution in [0.15, 0.2) is 18.2 Å². The molecule has 0 bridgehead atoms. The lowest BCUT2D eigenvalue weighted by molar-refractivity contribution is -0.122. The molecule has 2 atom stereocenters. The van der Waals surface area contributed by atoms with Gasteiger partial charge in [-0.05, 0) is 30.7 Å². The van der Waals surface area contributed by atoms with Crippen LogP contribution in [0.3, 0.4) is 0 Å². The minimum Gasteiger partial charge on any atom is -0.379 e. The molecular formula is C15H19F2NO2. The fourth-order valence-electron chi connectivity index (χ4n) is 2.38. The molecule has 3 nitrogen and oxygen atoms in total. The molecule has 1 aliphatic rings. The molecule has 110 valence electrons. The summed E-state index contributed by atoms with van der Waals surface area (Å²) in [4.78, 5) is 12.2. The average Bonchev–Trinajstić information content (AvgIpc) is 2.89. The van der Waals surface area contributed by atoms with Crippen molar-refractivity contribution in [2.24, 2.45) is 5.92 Å². The van der Waals surface area contributed by atoms with Crippen LogP contribution >= 0.6 is 0 Å². The number of ketones is 1. The number of rotatable bonds is 6. The Morgan fingerprint density at radius 2 is 2.15 bits per heavy atom. The monoisotopic (exact) mass is 283 g/mol. The molecule has 5 heteroatoms. The third-order valence-corrected chi connectivity index (χ3v) is 3.51. The van der Waals surface area contributed by atoms with Crippen molar-refractivity contribution in [3.8, 4) is 0 Å². The summed E-state index contributed by atoms with van der Waals surface area (Å²) in [7, 11) is 0. The molecule has 0 radical (unpaired) electrons. The van der Waals surface area contributed by atoms with E-state index in [0.717, 1.165) is 25.1 Å². The molecule has 0 aromatic heterocycles. The fraction of sp³-hybridized carbons (Fsp3) is 0.533. The van der Waals surface area contributed by atoms with Gasteiger partial charge in [0, 0.05) is 12.5 Å². The highest BCUT2D eigenvalue weighted by atomic mass is 19.2. The van der Waals surface area contributed by atoms with E-state index in [1.54, 1.807) is 0 Å². The topological polar surface area (TPSA) is 38.3 Å². The molecule has 0 amide bonds. The van der Waals surface area contributed by atoms with Crippen molar-refractivity contribution in [1.29, 1.82) is 0 Å². The number of carbonyl (C=O) groups excluding carboxylic acids is 1. The molecule has 1 N–H and O–H groups in total. The van der Waals surface area contributed by atoms with Gasteiger partial charge >= 0.3 is 0 Å². The van der Waals surface area contributed by atoms with Gasteiger partial charge in [0.05, 0.1) is 19.1 Å². The largest absolute Gasteiger partial charge is 0.379 e. The Morgan fingerprint density at radius 3 is 2.85 bits per heavy atom. The molecule has 1 aliphatic heterocycles. The number of hydrogen-bond donors (Lipinski definition) is 1. The first-order valence-corrected chi connectivity index (χ1v) is 6.89. The first-order valence-electron chi connectivity index (χ1n) is 6.89. The van der Waals surface area contributed by atoms with Crippen LogP contribution in [-0.4, -0.2) is 31.6 Å². The van der Waals surface area contributed by atoms with Gasteiger partial charge in [-0.3, -0.25) is 4.79 Å². The SMILES string of the molecule is CCCNC1COCC1C(=O)Cc1ccc(F)c(F)c1. The van der Waals surface area contributed by atoms with E-state index in [2.05, 4.69) is 12.2 Å². The van der Waals surface area contributed by atoms with E-state index >= 15 is 0 Å². The van der Waals surface area contributed by atoms with E-state index < -0.39 is 11.6 Å². The van der Waals surface area contributed by atoms with E-state index in [9.17, 15) is 13.6 Å². The average molecular weight is 283 g/mol. The van der Waals surface area contributed by atoms with Crippen LogP contribution < -0.4 is 5.32 Å². The zero-order chi connectivity index (χ0) is 14.5. The van der Waals surface area contributed by atoms with Crippen LogP contribution in [0.4, 0.5) is 8.78 Å². The summed E-state index contributed by atoms with van der Waals surface area (Å²) in [5.41, 5.74) is 0.495. The second-order valence-electron chi connectivity index (χ2n) is 5.10. The molecule has 0 aliphatic carbocycles. The summed E-state index contributed by atoms with van der Waals surface area (Å²) >= 11 is 0. The summed E-state index contributed by atoms with van der Waals surface area (Å²) in [6.07, 6.45) is 1.09. The first kappa shape index (κ1) is 15.1. The number of Topliss-reactive ketones (excluding diaryl/α,β-unsaturated/α-hetero) is 1. The molecule has 1 aromatic carbocycles. The number of hydrogen-bond acceptors (Lipinski definition) is 3. The lowest BCUT2D eigenvalue weighted by Crippen LogP contribution is -2.40. The predicted octanol–water partition coefficient (Wildman–Crippen LogP) is 2.09. The highest BCUT2D eigenvalue weighted by Crippen LogP contribution is 2.18. The van der Waals surface area contributed by atoms with E-state index in [-0.39, 0.29) is 24.2 Å². The van der Waals surface area contributed by atoms with Gasteiger partial charge in [-0.1, -0.05) is 13.0 Å². The molecular weight excluding hydrogens is 264 g/mol. The van der Waals surface area contributed by atoms with Crippen molar-refractivity contribution < 1.29 is 18.3 Å². The van der Waals surface area contributed by atoms with Crippen molar-refractivity contribution in [3.05, 3.63) is 35.4 Å². The third kappa shape index (κ3) is 3.61.